The van der Waals surface area contributed by atoms with Gasteiger partial charge in [0.25, 0.3) is 0 Å². The summed E-state index contributed by atoms with van der Waals surface area (Å²) < 4.78 is 34.9. The highest BCUT2D eigenvalue weighted by Crippen LogP contribution is 2.16. The lowest BCUT2D eigenvalue weighted by Crippen LogP contribution is -2.12. The first-order chi connectivity index (χ1) is 11.5. The molecular weight excluding hydrogens is 324 g/mol. The molecule has 0 amide bonds. The molecule has 144 valence electrons. The average molecular weight is 363 g/mol. The first kappa shape index (κ1) is 23.6. The highest BCUT2D eigenvalue weighted by molar-refractivity contribution is 7.80. The van der Waals surface area contributed by atoms with Crippen LogP contribution in [0.4, 0.5) is 0 Å². The van der Waals surface area contributed by atoms with E-state index in [2.05, 4.69) is 30.2 Å². The molecule has 1 N–H and O–H groups in total. The van der Waals surface area contributed by atoms with Crippen LogP contribution in [0.25, 0.3) is 0 Å². The molecule has 0 saturated carbocycles. The van der Waals surface area contributed by atoms with Gasteiger partial charge in [0, 0.05) is 5.92 Å². The van der Waals surface area contributed by atoms with E-state index in [-0.39, 0.29) is 12.5 Å². The summed E-state index contributed by atoms with van der Waals surface area (Å²) >= 11 is 0. The minimum absolute atomic E-state index is 0.0418. The zero-order chi connectivity index (χ0) is 18.1. The van der Waals surface area contributed by atoms with Gasteiger partial charge in [-0.1, -0.05) is 90.2 Å². The molecule has 0 aliphatic rings. The van der Waals surface area contributed by atoms with Crippen molar-refractivity contribution in [3.05, 3.63) is 12.2 Å². The Morgan fingerprint density at radius 2 is 1.42 bits per heavy atom. The van der Waals surface area contributed by atoms with Gasteiger partial charge in [-0.15, -0.1) is 0 Å². The van der Waals surface area contributed by atoms with Gasteiger partial charge in [0.1, 0.15) is 0 Å². The summed E-state index contributed by atoms with van der Waals surface area (Å²) in [6, 6.07) is 0. The molecule has 0 bridgehead atoms. The van der Waals surface area contributed by atoms with Crippen molar-refractivity contribution in [3.8, 4) is 0 Å². The van der Waals surface area contributed by atoms with Crippen molar-refractivity contribution >= 4 is 10.4 Å². The van der Waals surface area contributed by atoms with Crippen molar-refractivity contribution in [2.75, 3.05) is 6.61 Å². The molecule has 24 heavy (non-hydrogen) atoms. The second kappa shape index (κ2) is 16.1. The fourth-order valence-electron chi connectivity index (χ4n) is 2.75. The Bertz CT molecular complexity index is 390. The van der Waals surface area contributed by atoms with Gasteiger partial charge in [0.2, 0.25) is 0 Å². The number of hydrogen-bond acceptors (Lipinski definition) is 3. The van der Waals surface area contributed by atoms with E-state index in [0.29, 0.717) is 0 Å². The van der Waals surface area contributed by atoms with Crippen molar-refractivity contribution in [2.45, 2.75) is 97.3 Å². The molecule has 0 rings (SSSR count). The minimum atomic E-state index is -4.34. The fraction of sp³-hybridized carbons (Fsp3) is 0.895. The molecule has 0 spiro atoms. The monoisotopic (exact) mass is 362 g/mol. The number of hydrogen-bond donors (Lipinski definition) is 1. The third-order valence-corrected chi connectivity index (χ3v) is 4.68. The highest BCUT2D eigenvalue weighted by atomic mass is 32.3. The number of rotatable bonds is 17. The summed E-state index contributed by atoms with van der Waals surface area (Å²) in [5.41, 5.74) is 0. The van der Waals surface area contributed by atoms with Crippen LogP contribution < -0.4 is 0 Å². The molecule has 5 heteroatoms. The summed E-state index contributed by atoms with van der Waals surface area (Å²) in [5, 5.41) is 0. The third kappa shape index (κ3) is 18.0. The maximum atomic E-state index is 10.8. The van der Waals surface area contributed by atoms with E-state index in [0.717, 1.165) is 19.3 Å². The quantitative estimate of drug-likeness (QED) is 0.193. The molecule has 0 aromatic rings. The van der Waals surface area contributed by atoms with Crippen molar-refractivity contribution in [1.82, 2.24) is 0 Å². The van der Waals surface area contributed by atoms with E-state index in [9.17, 15) is 8.42 Å². The van der Waals surface area contributed by atoms with Crippen molar-refractivity contribution in [2.24, 2.45) is 5.92 Å². The van der Waals surface area contributed by atoms with Gasteiger partial charge in [-0.05, 0) is 19.3 Å². The highest BCUT2D eigenvalue weighted by Gasteiger charge is 2.11. The predicted octanol–water partition coefficient (Wildman–Crippen LogP) is 6.09. The minimum Gasteiger partial charge on any atom is -0.264 e. The molecule has 0 aliphatic carbocycles. The first-order valence-corrected chi connectivity index (χ1v) is 11.1. The van der Waals surface area contributed by atoms with Crippen LogP contribution in [-0.4, -0.2) is 19.6 Å². The lowest BCUT2D eigenvalue weighted by Gasteiger charge is -2.12. The third-order valence-electron chi connectivity index (χ3n) is 4.24. The molecule has 0 saturated heterocycles. The van der Waals surface area contributed by atoms with E-state index in [1.165, 1.54) is 64.2 Å². The van der Waals surface area contributed by atoms with Gasteiger partial charge in [-0.2, -0.15) is 8.42 Å². The molecule has 0 fully saturated rings. The summed E-state index contributed by atoms with van der Waals surface area (Å²) in [4.78, 5) is 0. The van der Waals surface area contributed by atoms with Crippen molar-refractivity contribution < 1.29 is 17.2 Å². The second-order valence-corrected chi connectivity index (χ2v) is 7.75. The van der Waals surface area contributed by atoms with Crippen LogP contribution in [-0.2, 0) is 14.6 Å². The number of unbranched alkanes of at least 4 members (excludes halogenated alkanes) is 10. The van der Waals surface area contributed by atoms with Crippen LogP contribution >= 0.6 is 0 Å². The topological polar surface area (TPSA) is 63.6 Å². The van der Waals surface area contributed by atoms with Crippen LogP contribution in [0.5, 0.6) is 0 Å². The second-order valence-electron chi connectivity index (χ2n) is 6.66. The lowest BCUT2D eigenvalue weighted by molar-refractivity contribution is 0.234. The maximum absolute atomic E-state index is 10.8. The zero-order valence-corrected chi connectivity index (χ0v) is 16.5. The molecule has 1 atom stereocenters. The van der Waals surface area contributed by atoms with Crippen LogP contribution in [0.15, 0.2) is 12.2 Å². The van der Waals surface area contributed by atoms with Crippen molar-refractivity contribution in [3.63, 3.8) is 0 Å². The summed E-state index contributed by atoms with van der Waals surface area (Å²) in [5.74, 6) is 0.0636. The molecule has 4 nitrogen and oxygen atoms in total. The summed E-state index contributed by atoms with van der Waals surface area (Å²) in [7, 11) is -4.34. The van der Waals surface area contributed by atoms with E-state index in [1.807, 2.05) is 0 Å². The summed E-state index contributed by atoms with van der Waals surface area (Å²) in [6.07, 6.45) is 19.7. The van der Waals surface area contributed by atoms with Crippen LogP contribution in [0.3, 0.4) is 0 Å². The van der Waals surface area contributed by atoms with E-state index in [1.54, 1.807) is 0 Å². The van der Waals surface area contributed by atoms with Crippen LogP contribution in [0.1, 0.15) is 97.3 Å². The standard InChI is InChI=1S/C19H38O4S/c1-3-5-7-9-11-13-15-17-19(18-23-24(20,21)22)16-14-12-10-8-6-4-2/h14,16,19H,3-13,15,17-18H2,1-2H3,(H,20,21,22)/b16-14+. The summed E-state index contributed by atoms with van der Waals surface area (Å²) in [6.45, 7) is 4.45. The smallest absolute Gasteiger partial charge is 0.264 e. The van der Waals surface area contributed by atoms with Gasteiger partial charge in [-0.25, -0.2) is 4.18 Å². The Labute approximate surface area is 150 Å². The zero-order valence-electron chi connectivity index (χ0n) is 15.7. The molecular formula is C19H38O4S. The van der Waals surface area contributed by atoms with Crippen LogP contribution in [0, 0.1) is 5.92 Å². The Morgan fingerprint density at radius 3 is 2.00 bits per heavy atom. The van der Waals surface area contributed by atoms with E-state index in [4.69, 9.17) is 4.55 Å². The lowest BCUT2D eigenvalue weighted by atomic mass is 9.99. The van der Waals surface area contributed by atoms with Gasteiger partial charge < -0.3 is 0 Å². The average Bonchev–Trinajstić information content (AvgIpc) is 2.53. The Balaban J connectivity index is 4.01. The first-order valence-electron chi connectivity index (χ1n) is 9.78. The van der Waals surface area contributed by atoms with Gasteiger partial charge in [0.05, 0.1) is 6.61 Å². The van der Waals surface area contributed by atoms with E-state index >= 15 is 0 Å². The molecule has 0 aromatic carbocycles. The number of allylic oxidation sites excluding steroid dienone is 1. The maximum Gasteiger partial charge on any atom is 0.397 e. The fourth-order valence-corrected chi connectivity index (χ4v) is 3.10. The Hall–Kier alpha value is -0.390. The normalized spacial score (nSPS) is 13.6. The Kier molecular flexibility index (Phi) is 15.8. The molecule has 0 heterocycles. The SMILES string of the molecule is CCCCCC/C=C/C(CCCCCCCCC)COS(=O)(=O)O. The molecule has 0 radical (unpaired) electrons. The van der Waals surface area contributed by atoms with Gasteiger partial charge in [-0.3, -0.25) is 4.55 Å². The van der Waals surface area contributed by atoms with Crippen LogP contribution in [0.2, 0.25) is 0 Å². The van der Waals surface area contributed by atoms with E-state index < -0.39 is 10.4 Å². The predicted molar refractivity (Wildman–Crippen MR) is 101 cm³/mol. The molecule has 0 aliphatic heterocycles. The largest absolute Gasteiger partial charge is 0.397 e. The molecule has 1 unspecified atom stereocenters. The van der Waals surface area contributed by atoms with Gasteiger partial charge in [0.15, 0.2) is 0 Å². The molecule has 0 aromatic heterocycles. The van der Waals surface area contributed by atoms with Crippen molar-refractivity contribution in [1.29, 1.82) is 0 Å². The Morgan fingerprint density at radius 1 is 0.875 bits per heavy atom. The van der Waals surface area contributed by atoms with Gasteiger partial charge >= 0.3 is 10.4 Å².